The number of carbonyl (C=O) groups excluding carboxylic acids is 2. The summed E-state index contributed by atoms with van der Waals surface area (Å²) in [5, 5.41) is 0. The monoisotopic (exact) mass is 436 g/mol. The van der Waals surface area contributed by atoms with E-state index in [9.17, 15) is 19.2 Å². The minimum atomic E-state index is -0.812. The third kappa shape index (κ3) is 4.84. The van der Waals surface area contributed by atoms with Gasteiger partial charge in [-0.1, -0.05) is 36.4 Å². The van der Waals surface area contributed by atoms with Gasteiger partial charge in [-0.15, -0.1) is 0 Å². The predicted molar refractivity (Wildman–Crippen MR) is 112 cm³/mol. The summed E-state index contributed by atoms with van der Waals surface area (Å²) in [6, 6.07) is 18.1. The number of benzene rings is 2. The van der Waals surface area contributed by atoms with E-state index in [0.29, 0.717) is 11.1 Å². The Kier molecular flexibility index (Phi) is 6.27. The van der Waals surface area contributed by atoms with Gasteiger partial charge in [-0.2, -0.15) is 0 Å². The lowest BCUT2D eigenvalue weighted by Crippen LogP contribution is -2.32. The summed E-state index contributed by atoms with van der Waals surface area (Å²) < 4.78 is 18.1. The molecule has 1 N–H and O–H groups in total. The second-order valence-electron chi connectivity index (χ2n) is 7.16. The zero-order valence-electron chi connectivity index (χ0n) is 16.9. The van der Waals surface area contributed by atoms with Crippen LogP contribution in [-0.2, 0) is 14.2 Å². The quantitative estimate of drug-likeness (QED) is 0.587. The number of ether oxygens (including phenoxy) is 3. The van der Waals surface area contributed by atoms with Crippen molar-refractivity contribution < 1.29 is 23.8 Å². The first kappa shape index (κ1) is 21.3. The molecule has 0 spiro atoms. The number of hydrogen-bond acceptors (Lipinski definition) is 7. The van der Waals surface area contributed by atoms with Gasteiger partial charge >= 0.3 is 17.6 Å². The summed E-state index contributed by atoms with van der Waals surface area (Å²) in [4.78, 5) is 50.6. The molecule has 3 atom stereocenters. The van der Waals surface area contributed by atoms with Crippen molar-refractivity contribution in [3.63, 3.8) is 0 Å². The molecule has 0 bridgehead atoms. The second-order valence-corrected chi connectivity index (χ2v) is 7.16. The maximum atomic E-state index is 12.6. The van der Waals surface area contributed by atoms with Crippen molar-refractivity contribution in [2.75, 3.05) is 6.61 Å². The number of esters is 2. The Morgan fingerprint density at radius 2 is 1.56 bits per heavy atom. The third-order valence-electron chi connectivity index (χ3n) is 5.00. The van der Waals surface area contributed by atoms with Crippen LogP contribution in [0.15, 0.2) is 82.5 Å². The van der Waals surface area contributed by atoms with Crippen molar-refractivity contribution in [2.24, 2.45) is 0 Å². The minimum Gasteiger partial charge on any atom is -0.459 e. The zero-order chi connectivity index (χ0) is 22.5. The van der Waals surface area contributed by atoms with Gasteiger partial charge in [-0.05, 0) is 24.3 Å². The fourth-order valence-electron chi connectivity index (χ4n) is 3.39. The summed E-state index contributed by atoms with van der Waals surface area (Å²) in [5.74, 6) is -1.11. The molecule has 3 aromatic rings. The molecule has 1 aliphatic rings. The number of hydrogen-bond donors (Lipinski definition) is 1. The van der Waals surface area contributed by atoms with Crippen LogP contribution in [0.4, 0.5) is 0 Å². The Bertz CT molecular complexity index is 1200. The highest BCUT2D eigenvalue weighted by atomic mass is 16.6. The van der Waals surface area contributed by atoms with Crippen molar-refractivity contribution in [3.8, 4) is 0 Å². The summed E-state index contributed by atoms with van der Waals surface area (Å²) in [7, 11) is 0. The lowest BCUT2D eigenvalue weighted by atomic mass is 10.1. The van der Waals surface area contributed by atoms with Crippen LogP contribution < -0.4 is 11.2 Å². The van der Waals surface area contributed by atoms with Gasteiger partial charge in [-0.3, -0.25) is 14.3 Å². The van der Waals surface area contributed by atoms with Crippen LogP contribution in [0, 0.1) is 0 Å². The molecule has 2 heterocycles. The Hall–Kier alpha value is -3.98. The number of carbonyl (C=O) groups is 2. The Balaban J connectivity index is 1.51. The highest BCUT2D eigenvalue weighted by Crippen LogP contribution is 2.30. The highest BCUT2D eigenvalue weighted by Gasteiger charge is 2.40. The molecule has 0 saturated carbocycles. The van der Waals surface area contributed by atoms with Crippen LogP contribution in [0.2, 0.25) is 0 Å². The lowest BCUT2D eigenvalue weighted by molar-refractivity contribution is -0.0582. The van der Waals surface area contributed by atoms with Gasteiger partial charge < -0.3 is 14.2 Å². The van der Waals surface area contributed by atoms with Crippen LogP contribution >= 0.6 is 0 Å². The van der Waals surface area contributed by atoms with E-state index in [0.717, 1.165) is 0 Å². The SMILES string of the molecule is O=C(OC[C@@H]1O[C@H](n2ccc(=O)[nH]c2=O)CC1OC(=O)c1ccccc1)c1ccccc1. The molecular weight excluding hydrogens is 416 g/mol. The van der Waals surface area contributed by atoms with Gasteiger partial charge in [-0.25, -0.2) is 14.4 Å². The molecule has 1 aliphatic heterocycles. The molecule has 32 heavy (non-hydrogen) atoms. The Labute approximate surface area is 182 Å². The molecule has 1 unspecified atom stereocenters. The maximum Gasteiger partial charge on any atom is 0.338 e. The summed E-state index contributed by atoms with van der Waals surface area (Å²) in [6.45, 7) is -0.185. The average Bonchev–Trinajstić information content (AvgIpc) is 3.20. The molecule has 0 radical (unpaired) electrons. The summed E-state index contributed by atoms with van der Waals surface area (Å²) in [5.41, 5.74) is -0.462. The summed E-state index contributed by atoms with van der Waals surface area (Å²) in [6.07, 6.45) is -0.958. The average molecular weight is 436 g/mol. The van der Waals surface area contributed by atoms with Crippen molar-refractivity contribution in [1.82, 2.24) is 9.55 Å². The zero-order valence-corrected chi connectivity index (χ0v) is 16.9. The standard InChI is InChI=1S/C23H20N2O7/c26-19-11-12-25(23(29)24-19)20-13-17(32-22(28)16-9-5-2-6-10-16)18(31-20)14-30-21(27)15-7-3-1-4-8-15/h1-12,17-18,20H,13-14H2,(H,24,26,29)/t17?,18-,20-/m0/s1. The van der Waals surface area contributed by atoms with Gasteiger partial charge in [0.1, 0.15) is 25.0 Å². The lowest BCUT2D eigenvalue weighted by Gasteiger charge is -2.19. The van der Waals surface area contributed by atoms with E-state index in [1.165, 1.54) is 16.8 Å². The van der Waals surface area contributed by atoms with Gasteiger partial charge in [0.15, 0.2) is 0 Å². The largest absolute Gasteiger partial charge is 0.459 e. The first-order valence-electron chi connectivity index (χ1n) is 9.96. The van der Waals surface area contributed by atoms with Crippen molar-refractivity contribution in [1.29, 1.82) is 0 Å². The van der Waals surface area contributed by atoms with E-state index in [2.05, 4.69) is 4.98 Å². The second kappa shape index (κ2) is 9.44. The summed E-state index contributed by atoms with van der Waals surface area (Å²) >= 11 is 0. The molecule has 1 aromatic heterocycles. The number of H-pyrrole nitrogens is 1. The van der Waals surface area contributed by atoms with E-state index >= 15 is 0 Å². The first-order chi connectivity index (χ1) is 15.5. The molecule has 0 amide bonds. The first-order valence-corrected chi connectivity index (χ1v) is 9.96. The van der Waals surface area contributed by atoms with Crippen LogP contribution in [0.1, 0.15) is 33.4 Å². The molecule has 2 aromatic carbocycles. The number of aromatic amines is 1. The molecule has 164 valence electrons. The minimum absolute atomic E-state index is 0.137. The number of nitrogens with zero attached hydrogens (tertiary/aromatic N) is 1. The molecule has 9 nitrogen and oxygen atoms in total. The smallest absolute Gasteiger partial charge is 0.338 e. The molecule has 0 aliphatic carbocycles. The number of aromatic nitrogens is 2. The van der Waals surface area contributed by atoms with E-state index in [-0.39, 0.29) is 13.0 Å². The van der Waals surface area contributed by atoms with Crippen LogP contribution in [0.3, 0.4) is 0 Å². The number of rotatable bonds is 6. The third-order valence-corrected chi connectivity index (χ3v) is 5.00. The van der Waals surface area contributed by atoms with Gasteiger partial charge in [0, 0.05) is 18.7 Å². The van der Waals surface area contributed by atoms with Crippen molar-refractivity contribution >= 4 is 11.9 Å². The fraction of sp³-hybridized carbons (Fsp3) is 0.217. The maximum absolute atomic E-state index is 12.6. The molecule has 9 heteroatoms. The van der Waals surface area contributed by atoms with E-state index < -0.39 is 41.6 Å². The predicted octanol–water partition coefficient (Wildman–Crippen LogP) is 1.91. The van der Waals surface area contributed by atoms with Gasteiger partial charge in [0.05, 0.1) is 11.1 Å². The van der Waals surface area contributed by atoms with Crippen LogP contribution in [0.25, 0.3) is 0 Å². The number of nitrogens with one attached hydrogen (secondary N) is 1. The topological polar surface area (TPSA) is 117 Å². The van der Waals surface area contributed by atoms with Gasteiger partial charge in [0.2, 0.25) is 0 Å². The molecule has 4 rings (SSSR count). The van der Waals surface area contributed by atoms with E-state index in [1.807, 2.05) is 0 Å². The van der Waals surface area contributed by atoms with E-state index in [4.69, 9.17) is 14.2 Å². The van der Waals surface area contributed by atoms with Crippen molar-refractivity contribution in [3.05, 3.63) is 105 Å². The normalized spacial score (nSPS) is 19.9. The Morgan fingerprint density at radius 3 is 2.19 bits per heavy atom. The van der Waals surface area contributed by atoms with Crippen LogP contribution in [0.5, 0.6) is 0 Å². The molecule has 1 fully saturated rings. The molecule has 1 saturated heterocycles. The van der Waals surface area contributed by atoms with Crippen molar-refractivity contribution in [2.45, 2.75) is 24.9 Å². The fourth-order valence-corrected chi connectivity index (χ4v) is 3.39. The van der Waals surface area contributed by atoms with Crippen LogP contribution in [-0.4, -0.2) is 40.3 Å². The Morgan fingerprint density at radius 1 is 0.938 bits per heavy atom. The van der Waals surface area contributed by atoms with Gasteiger partial charge in [0.25, 0.3) is 5.56 Å². The van der Waals surface area contributed by atoms with E-state index in [1.54, 1.807) is 60.7 Å². The molecular formula is C23H20N2O7. The highest BCUT2D eigenvalue weighted by molar-refractivity contribution is 5.90.